The van der Waals surface area contributed by atoms with Crippen LogP contribution in [0.4, 0.5) is 11.5 Å². The molecule has 3 N–H and O–H groups in total. The number of hydrogen-bond donors (Lipinski definition) is 3. The molecule has 0 saturated carbocycles. The first-order valence-corrected chi connectivity index (χ1v) is 10.4. The molecule has 0 radical (unpaired) electrons. The number of nitrogens with zero attached hydrogens (tertiary/aromatic N) is 5. The van der Waals surface area contributed by atoms with Crippen LogP contribution < -0.4 is 16.0 Å². The van der Waals surface area contributed by atoms with Crippen molar-refractivity contribution in [2.24, 2.45) is 21.1 Å². The van der Waals surface area contributed by atoms with E-state index < -0.39 is 23.7 Å². The summed E-state index contributed by atoms with van der Waals surface area (Å²) in [5.74, 6) is -1.33. The van der Waals surface area contributed by atoms with E-state index in [4.69, 9.17) is 4.74 Å². The fourth-order valence-electron chi connectivity index (χ4n) is 3.14. The smallest absolute Gasteiger partial charge is 0.307 e. The van der Waals surface area contributed by atoms with Crippen LogP contribution in [0.2, 0.25) is 0 Å². The van der Waals surface area contributed by atoms with Crippen molar-refractivity contribution in [3.05, 3.63) is 48.2 Å². The lowest BCUT2D eigenvalue weighted by atomic mass is 10.3. The second kappa shape index (κ2) is 10.5. The third kappa shape index (κ3) is 5.68. The van der Waals surface area contributed by atoms with E-state index in [-0.39, 0.29) is 37.0 Å². The molecule has 180 valence electrons. The molecule has 3 heterocycles. The van der Waals surface area contributed by atoms with Crippen molar-refractivity contribution in [1.82, 2.24) is 29.0 Å². The normalized spacial score (nSPS) is 10.6. The van der Waals surface area contributed by atoms with Gasteiger partial charge in [-0.1, -0.05) is 0 Å². The van der Waals surface area contributed by atoms with Crippen molar-refractivity contribution >= 4 is 35.2 Å². The molecule has 3 aromatic heterocycles. The number of imidazole rings is 2. The van der Waals surface area contributed by atoms with Crippen LogP contribution in [-0.4, -0.2) is 60.5 Å². The minimum atomic E-state index is -0.528. The third-order valence-corrected chi connectivity index (χ3v) is 4.76. The number of carbonyl (C=O) groups excluding carboxylic acids is 4. The number of nitrogens with one attached hydrogen (secondary N) is 3. The van der Waals surface area contributed by atoms with E-state index in [0.29, 0.717) is 11.4 Å². The highest BCUT2D eigenvalue weighted by Crippen LogP contribution is 2.15. The summed E-state index contributed by atoms with van der Waals surface area (Å²) >= 11 is 0. The van der Waals surface area contributed by atoms with Gasteiger partial charge in [-0.15, -0.1) is 0 Å². The number of aryl methyl sites for hydroxylation is 3. The summed E-state index contributed by atoms with van der Waals surface area (Å²) in [6.07, 6.45) is 6.28. The van der Waals surface area contributed by atoms with Crippen LogP contribution in [-0.2, 0) is 30.7 Å². The monoisotopic (exact) mass is 470 g/mol. The van der Waals surface area contributed by atoms with Gasteiger partial charge < -0.3 is 34.4 Å². The summed E-state index contributed by atoms with van der Waals surface area (Å²) < 4.78 is 9.40. The molecule has 0 saturated heterocycles. The predicted octanol–water partition coefficient (Wildman–Crippen LogP) is 0.680. The minimum absolute atomic E-state index is 0.0550. The van der Waals surface area contributed by atoms with E-state index in [1.807, 2.05) is 0 Å². The van der Waals surface area contributed by atoms with Gasteiger partial charge in [0.1, 0.15) is 5.69 Å². The molecule has 3 aromatic rings. The maximum atomic E-state index is 12.7. The number of esters is 1. The van der Waals surface area contributed by atoms with Gasteiger partial charge >= 0.3 is 5.97 Å². The molecular weight excluding hydrogens is 444 g/mol. The Kier molecular flexibility index (Phi) is 7.46. The van der Waals surface area contributed by atoms with Crippen LogP contribution >= 0.6 is 0 Å². The Hall–Kier alpha value is -4.42. The van der Waals surface area contributed by atoms with Gasteiger partial charge in [-0.05, 0) is 13.0 Å². The summed E-state index contributed by atoms with van der Waals surface area (Å²) in [6.45, 7) is 2.12. The number of hydrogen-bond acceptors (Lipinski definition) is 7. The highest BCUT2D eigenvalue weighted by Gasteiger charge is 2.19. The fourth-order valence-corrected chi connectivity index (χ4v) is 3.14. The Labute approximate surface area is 195 Å². The molecule has 13 heteroatoms. The molecule has 0 unspecified atom stereocenters. The molecule has 34 heavy (non-hydrogen) atoms. The Morgan fingerprint density at radius 3 is 2.35 bits per heavy atom. The van der Waals surface area contributed by atoms with E-state index in [1.165, 1.54) is 23.0 Å². The van der Waals surface area contributed by atoms with Gasteiger partial charge in [-0.25, -0.2) is 9.97 Å². The van der Waals surface area contributed by atoms with Crippen molar-refractivity contribution in [2.75, 3.05) is 23.8 Å². The Morgan fingerprint density at radius 2 is 1.68 bits per heavy atom. The average Bonchev–Trinajstić information content (AvgIpc) is 3.46. The van der Waals surface area contributed by atoms with Crippen LogP contribution in [0.1, 0.15) is 45.1 Å². The minimum Gasteiger partial charge on any atom is -0.466 e. The standard InChI is InChI=1S/C21H26N8O5/c1-5-34-16(30)6-7-23-19(31)14-10-13(11-28(14)3)24-21(33)18-25-15(12-29(18)4)26-20(32)17-22-8-9-27(17)2/h8-12H,5-7H2,1-4H3,(H,23,31)(H,24,33)(H,26,32). The van der Waals surface area contributed by atoms with Crippen molar-refractivity contribution in [3.63, 3.8) is 0 Å². The zero-order valence-corrected chi connectivity index (χ0v) is 19.3. The number of carbonyl (C=O) groups is 4. The first-order chi connectivity index (χ1) is 16.2. The highest BCUT2D eigenvalue weighted by atomic mass is 16.5. The van der Waals surface area contributed by atoms with E-state index >= 15 is 0 Å². The largest absolute Gasteiger partial charge is 0.466 e. The zero-order valence-electron chi connectivity index (χ0n) is 19.3. The average molecular weight is 470 g/mol. The molecule has 13 nitrogen and oxygen atoms in total. The second-order valence-corrected chi connectivity index (χ2v) is 7.37. The summed E-state index contributed by atoms with van der Waals surface area (Å²) in [7, 11) is 4.96. The fraction of sp³-hybridized carbons (Fsp3) is 0.333. The van der Waals surface area contributed by atoms with E-state index in [2.05, 4.69) is 25.9 Å². The van der Waals surface area contributed by atoms with Gasteiger partial charge in [-0.2, -0.15) is 0 Å². The van der Waals surface area contributed by atoms with Crippen molar-refractivity contribution < 1.29 is 23.9 Å². The number of ether oxygens (including phenoxy) is 1. The topological polar surface area (TPSA) is 154 Å². The number of aromatic nitrogens is 5. The van der Waals surface area contributed by atoms with Crippen LogP contribution in [0.3, 0.4) is 0 Å². The van der Waals surface area contributed by atoms with Crippen molar-refractivity contribution in [1.29, 1.82) is 0 Å². The Bertz CT molecular complexity index is 1220. The first kappa shape index (κ1) is 24.2. The van der Waals surface area contributed by atoms with E-state index in [1.54, 1.807) is 49.6 Å². The summed E-state index contributed by atoms with van der Waals surface area (Å²) in [5.41, 5.74) is 0.673. The molecule has 0 bridgehead atoms. The number of rotatable bonds is 9. The van der Waals surface area contributed by atoms with Crippen LogP contribution in [0.5, 0.6) is 0 Å². The zero-order chi connectivity index (χ0) is 24.8. The van der Waals surface area contributed by atoms with Gasteiger partial charge in [0.2, 0.25) is 5.82 Å². The molecule has 0 aliphatic rings. The molecule has 0 spiro atoms. The van der Waals surface area contributed by atoms with E-state index in [9.17, 15) is 19.2 Å². The summed E-state index contributed by atoms with van der Waals surface area (Å²) in [6, 6.07) is 1.50. The molecule has 0 atom stereocenters. The SMILES string of the molecule is CCOC(=O)CCNC(=O)c1cc(NC(=O)c2nc(NC(=O)c3nccn3C)cn2C)cn1C. The van der Waals surface area contributed by atoms with E-state index in [0.717, 1.165) is 0 Å². The predicted molar refractivity (Wildman–Crippen MR) is 121 cm³/mol. The van der Waals surface area contributed by atoms with Crippen LogP contribution in [0.15, 0.2) is 30.9 Å². The van der Waals surface area contributed by atoms with Crippen LogP contribution in [0.25, 0.3) is 0 Å². The van der Waals surface area contributed by atoms with Gasteiger partial charge in [-0.3, -0.25) is 19.2 Å². The van der Waals surface area contributed by atoms with Gasteiger partial charge in [0.05, 0.1) is 18.7 Å². The number of amides is 3. The Morgan fingerprint density at radius 1 is 0.941 bits per heavy atom. The molecule has 0 aromatic carbocycles. The molecular formula is C21H26N8O5. The lowest BCUT2D eigenvalue weighted by molar-refractivity contribution is -0.142. The molecule has 3 rings (SSSR count). The highest BCUT2D eigenvalue weighted by molar-refractivity contribution is 6.04. The summed E-state index contributed by atoms with van der Waals surface area (Å²) in [5, 5.41) is 7.92. The lowest BCUT2D eigenvalue weighted by Crippen LogP contribution is -2.28. The van der Waals surface area contributed by atoms with Gasteiger partial charge in [0.15, 0.2) is 11.6 Å². The lowest BCUT2D eigenvalue weighted by Gasteiger charge is -2.05. The van der Waals surface area contributed by atoms with Gasteiger partial charge in [0.25, 0.3) is 17.7 Å². The maximum Gasteiger partial charge on any atom is 0.307 e. The number of anilines is 2. The van der Waals surface area contributed by atoms with Crippen LogP contribution in [0, 0.1) is 0 Å². The molecule has 0 aliphatic carbocycles. The Balaban J connectivity index is 1.61. The van der Waals surface area contributed by atoms with Crippen molar-refractivity contribution in [2.45, 2.75) is 13.3 Å². The maximum absolute atomic E-state index is 12.7. The third-order valence-electron chi connectivity index (χ3n) is 4.76. The molecule has 0 aliphatic heterocycles. The summed E-state index contributed by atoms with van der Waals surface area (Å²) in [4.78, 5) is 57.0. The quantitative estimate of drug-likeness (QED) is 0.389. The molecule has 0 fully saturated rings. The van der Waals surface area contributed by atoms with Gasteiger partial charge in [0, 0.05) is 52.5 Å². The molecule has 3 amide bonds. The van der Waals surface area contributed by atoms with Crippen molar-refractivity contribution in [3.8, 4) is 0 Å². The second-order valence-electron chi connectivity index (χ2n) is 7.37. The first-order valence-electron chi connectivity index (χ1n) is 10.4.